The highest BCUT2D eigenvalue weighted by atomic mass is 14.8. The maximum Gasteiger partial charge on any atom is 0.0882 e. The first kappa shape index (κ1) is 40.7. The molecule has 1 aromatic rings. The number of allylic oxidation sites excluding steroid dienone is 1. The average molecular weight is 635 g/mol. The Balaban J connectivity index is 1.55. The third-order valence-electron chi connectivity index (χ3n) is 10.7. The normalized spacial score (nSPS) is 14.2. The second kappa shape index (κ2) is 29.7. The summed E-state index contributed by atoms with van der Waals surface area (Å²) < 4.78 is 0. The minimum absolute atomic E-state index is 0.269. The van der Waals surface area contributed by atoms with Crippen LogP contribution in [0.5, 0.6) is 0 Å². The predicted molar refractivity (Wildman–Crippen MR) is 207 cm³/mol. The van der Waals surface area contributed by atoms with Gasteiger partial charge in [-0.1, -0.05) is 219 Å². The highest BCUT2D eigenvalue weighted by Crippen LogP contribution is 2.38. The molecule has 0 amide bonds. The third kappa shape index (κ3) is 21.4. The van der Waals surface area contributed by atoms with Gasteiger partial charge in [-0.3, -0.25) is 9.98 Å². The molecule has 2 heteroatoms. The molecule has 1 aliphatic rings. The van der Waals surface area contributed by atoms with Gasteiger partial charge in [-0.15, -0.1) is 0 Å². The van der Waals surface area contributed by atoms with Gasteiger partial charge in [0.2, 0.25) is 0 Å². The Hall–Kier alpha value is -1.44. The largest absolute Gasteiger partial charge is 0.259 e. The number of aromatic nitrogens is 1. The van der Waals surface area contributed by atoms with Gasteiger partial charge in [-0.05, 0) is 31.4 Å². The van der Waals surface area contributed by atoms with Crippen LogP contribution in [-0.4, -0.2) is 11.2 Å². The van der Waals surface area contributed by atoms with Crippen LogP contribution >= 0.6 is 0 Å². The SMILES string of the molecule is CCCCCCCCCCCCCCCCCC1(CCCCCCCCCCCCCCCCC)C=NC(c2ccccn2)=CC1. The van der Waals surface area contributed by atoms with E-state index in [-0.39, 0.29) is 5.41 Å². The molecule has 0 atom stereocenters. The number of pyridine rings is 1. The monoisotopic (exact) mass is 635 g/mol. The van der Waals surface area contributed by atoms with Gasteiger partial charge in [-0.25, -0.2) is 0 Å². The lowest BCUT2D eigenvalue weighted by atomic mass is 9.75. The summed E-state index contributed by atoms with van der Waals surface area (Å²) in [5.74, 6) is 0. The van der Waals surface area contributed by atoms with E-state index in [1.165, 1.54) is 205 Å². The van der Waals surface area contributed by atoms with Crippen LogP contribution in [0.4, 0.5) is 0 Å². The summed E-state index contributed by atoms with van der Waals surface area (Å²) in [5, 5.41) is 0. The van der Waals surface area contributed by atoms with Crippen molar-refractivity contribution in [2.45, 2.75) is 226 Å². The smallest absolute Gasteiger partial charge is 0.0882 e. The molecule has 0 bridgehead atoms. The van der Waals surface area contributed by atoms with Gasteiger partial charge < -0.3 is 0 Å². The van der Waals surface area contributed by atoms with Crippen LogP contribution in [0.15, 0.2) is 35.5 Å². The minimum Gasteiger partial charge on any atom is -0.259 e. The van der Waals surface area contributed by atoms with Gasteiger partial charge in [0.25, 0.3) is 0 Å². The van der Waals surface area contributed by atoms with Crippen molar-refractivity contribution >= 4 is 11.9 Å². The number of hydrogen-bond donors (Lipinski definition) is 0. The fraction of sp³-hybridized carbons (Fsp3) is 0.818. The van der Waals surface area contributed by atoms with Crippen LogP contribution in [-0.2, 0) is 0 Å². The third-order valence-corrected chi connectivity index (χ3v) is 10.7. The summed E-state index contributed by atoms with van der Waals surface area (Å²) in [6.07, 6.45) is 53.4. The van der Waals surface area contributed by atoms with Crippen molar-refractivity contribution in [3.8, 4) is 0 Å². The summed E-state index contributed by atoms with van der Waals surface area (Å²) in [7, 11) is 0. The Morgan fingerprint density at radius 3 is 1.15 bits per heavy atom. The first-order chi connectivity index (χ1) is 22.8. The second-order valence-electron chi connectivity index (χ2n) is 15.0. The topological polar surface area (TPSA) is 25.2 Å². The molecule has 1 aromatic heterocycles. The van der Waals surface area contributed by atoms with Crippen LogP contribution in [0.1, 0.15) is 231 Å². The Labute approximate surface area is 288 Å². The molecule has 0 aromatic carbocycles. The standard InChI is InChI=1S/C44H78N2/c1-3-5-7-9-11-13-15-17-19-21-23-25-27-29-32-37-44(39-36-43(46-41-44)42-35-31-34-40-45-42)38-33-30-28-26-24-22-20-18-16-14-12-10-8-6-4-2/h31,34-36,40-41H,3-30,32-33,37-39H2,1-2H3. The van der Waals surface area contributed by atoms with E-state index in [1.54, 1.807) is 0 Å². The Kier molecular flexibility index (Phi) is 26.3. The molecule has 0 fully saturated rings. The van der Waals surface area contributed by atoms with E-state index < -0.39 is 0 Å². The van der Waals surface area contributed by atoms with E-state index in [9.17, 15) is 0 Å². The maximum absolute atomic E-state index is 5.00. The van der Waals surface area contributed by atoms with Crippen molar-refractivity contribution in [1.29, 1.82) is 0 Å². The summed E-state index contributed by atoms with van der Waals surface area (Å²) in [6, 6.07) is 6.17. The van der Waals surface area contributed by atoms with Crippen molar-refractivity contribution in [3.63, 3.8) is 0 Å². The number of aliphatic imine (C=N–C) groups is 1. The van der Waals surface area contributed by atoms with Crippen LogP contribution in [0.25, 0.3) is 5.70 Å². The number of nitrogens with zero attached hydrogens (tertiary/aromatic N) is 2. The van der Waals surface area contributed by atoms with Crippen molar-refractivity contribution in [3.05, 3.63) is 36.2 Å². The Bertz CT molecular complexity index is 807. The molecule has 0 N–H and O–H groups in total. The van der Waals surface area contributed by atoms with E-state index in [0.717, 1.165) is 17.8 Å². The van der Waals surface area contributed by atoms with Gasteiger partial charge >= 0.3 is 0 Å². The number of rotatable bonds is 33. The molecule has 0 aliphatic carbocycles. The zero-order valence-corrected chi connectivity index (χ0v) is 31.2. The molecule has 1 aliphatic heterocycles. The molecule has 0 saturated heterocycles. The van der Waals surface area contributed by atoms with Crippen molar-refractivity contribution < 1.29 is 0 Å². The van der Waals surface area contributed by atoms with E-state index in [2.05, 4.69) is 43.3 Å². The lowest BCUT2D eigenvalue weighted by Gasteiger charge is -2.32. The van der Waals surface area contributed by atoms with E-state index in [1.807, 2.05) is 12.3 Å². The molecule has 2 nitrogen and oxygen atoms in total. The average Bonchev–Trinajstić information content (AvgIpc) is 3.09. The lowest BCUT2D eigenvalue weighted by Crippen LogP contribution is -2.24. The molecular formula is C44H78N2. The molecule has 0 radical (unpaired) electrons. The number of hydrogen-bond acceptors (Lipinski definition) is 2. The fourth-order valence-corrected chi connectivity index (χ4v) is 7.45. The maximum atomic E-state index is 5.00. The van der Waals surface area contributed by atoms with Crippen LogP contribution < -0.4 is 0 Å². The molecule has 46 heavy (non-hydrogen) atoms. The Morgan fingerprint density at radius 2 is 0.848 bits per heavy atom. The first-order valence-corrected chi connectivity index (χ1v) is 21.0. The van der Waals surface area contributed by atoms with E-state index >= 15 is 0 Å². The zero-order chi connectivity index (χ0) is 32.6. The van der Waals surface area contributed by atoms with Gasteiger partial charge in [0, 0.05) is 17.8 Å². The summed E-state index contributed by atoms with van der Waals surface area (Å²) in [4.78, 5) is 9.56. The molecule has 0 spiro atoms. The highest BCUT2D eigenvalue weighted by molar-refractivity contribution is 5.79. The molecule has 2 heterocycles. The van der Waals surface area contributed by atoms with Crippen molar-refractivity contribution in [2.75, 3.05) is 0 Å². The number of unbranched alkanes of at least 4 members (excludes halogenated alkanes) is 28. The fourth-order valence-electron chi connectivity index (χ4n) is 7.45. The van der Waals surface area contributed by atoms with Gasteiger partial charge in [-0.2, -0.15) is 0 Å². The van der Waals surface area contributed by atoms with E-state index in [0.29, 0.717) is 0 Å². The molecule has 2 rings (SSSR count). The van der Waals surface area contributed by atoms with Gasteiger partial charge in [0.05, 0.1) is 11.4 Å². The van der Waals surface area contributed by atoms with Crippen LogP contribution in [0.3, 0.4) is 0 Å². The van der Waals surface area contributed by atoms with Gasteiger partial charge in [0.15, 0.2) is 0 Å². The second-order valence-corrected chi connectivity index (χ2v) is 15.0. The molecule has 0 unspecified atom stereocenters. The summed E-state index contributed by atoms with van der Waals surface area (Å²) in [5.41, 5.74) is 2.36. The quantitative estimate of drug-likeness (QED) is 0.0706. The Morgan fingerprint density at radius 1 is 0.478 bits per heavy atom. The van der Waals surface area contributed by atoms with Crippen LogP contribution in [0, 0.1) is 5.41 Å². The van der Waals surface area contributed by atoms with Crippen LogP contribution in [0.2, 0.25) is 0 Å². The van der Waals surface area contributed by atoms with E-state index in [4.69, 9.17) is 4.99 Å². The molecule has 264 valence electrons. The molecule has 0 saturated carbocycles. The predicted octanol–water partition coefficient (Wildman–Crippen LogP) is 15.4. The van der Waals surface area contributed by atoms with Crippen molar-refractivity contribution in [1.82, 2.24) is 4.98 Å². The summed E-state index contributed by atoms with van der Waals surface area (Å²) in [6.45, 7) is 4.61. The van der Waals surface area contributed by atoms with Gasteiger partial charge in [0.1, 0.15) is 0 Å². The zero-order valence-electron chi connectivity index (χ0n) is 31.2. The summed E-state index contributed by atoms with van der Waals surface area (Å²) >= 11 is 0. The lowest BCUT2D eigenvalue weighted by molar-refractivity contribution is 0.332. The molecular weight excluding hydrogens is 556 g/mol. The van der Waals surface area contributed by atoms with Crippen molar-refractivity contribution in [2.24, 2.45) is 10.4 Å². The highest BCUT2D eigenvalue weighted by Gasteiger charge is 2.29. The first-order valence-electron chi connectivity index (χ1n) is 21.0. The minimum atomic E-state index is 0.269.